The Kier molecular flexibility index (Phi) is 4.15. The van der Waals surface area contributed by atoms with Crippen LogP contribution in [0.4, 0.5) is 0 Å². The second-order valence-electron chi connectivity index (χ2n) is 5.28. The number of likely N-dealkylation sites (tertiary alicyclic amines) is 1. The fourth-order valence-electron chi connectivity index (χ4n) is 2.19. The quantitative estimate of drug-likeness (QED) is 0.861. The highest BCUT2D eigenvalue weighted by Crippen LogP contribution is 2.21. The fourth-order valence-corrected chi connectivity index (χ4v) is 2.46. The molecule has 1 fully saturated rings. The number of nitrogens with one attached hydrogen (secondary N) is 1. The minimum absolute atomic E-state index is 0.0649. The number of halogens is 1. The predicted octanol–water partition coefficient (Wildman–Crippen LogP) is 0.970. The number of carbonyl (C=O) groups is 2. The lowest BCUT2D eigenvalue weighted by Gasteiger charge is -2.25. The average Bonchev–Trinajstić information content (AvgIpc) is 2.71. The number of nitrogens with zero attached hydrogens (tertiary/aromatic N) is 1. The van der Waals surface area contributed by atoms with Gasteiger partial charge < -0.3 is 16.0 Å². The second-order valence-corrected chi connectivity index (χ2v) is 6.20. The van der Waals surface area contributed by atoms with E-state index in [1.165, 1.54) is 0 Å². The Hall–Kier alpha value is -1.40. The van der Waals surface area contributed by atoms with Crippen molar-refractivity contribution >= 4 is 27.7 Å². The number of hydrogen-bond donors (Lipinski definition) is 2. The number of hydrogen-bond acceptors (Lipinski definition) is 3. The monoisotopic (exact) mass is 339 g/mol. The van der Waals surface area contributed by atoms with Crippen molar-refractivity contribution in [3.8, 4) is 0 Å². The number of rotatable bonds is 3. The van der Waals surface area contributed by atoms with Crippen molar-refractivity contribution in [2.24, 2.45) is 5.73 Å². The van der Waals surface area contributed by atoms with Crippen molar-refractivity contribution in [3.05, 3.63) is 34.3 Å². The third-order valence-corrected chi connectivity index (χ3v) is 4.18. The minimum atomic E-state index is -1.16. The summed E-state index contributed by atoms with van der Waals surface area (Å²) in [6, 6.07) is 6.80. The van der Waals surface area contributed by atoms with Gasteiger partial charge in [-0.05, 0) is 31.0 Å². The van der Waals surface area contributed by atoms with Crippen molar-refractivity contribution in [1.82, 2.24) is 10.2 Å². The molecule has 108 valence electrons. The van der Waals surface area contributed by atoms with Gasteiger partial charge in [-0.2, -0.15) is 0 Å². The largest absolute Gasteiger partial charge is 0.344 e. The molecule has 0 radical (unpaired) electrons. The molecule has 0 aliphatic carbocycles. The Labute approximate surface area is 126 Å². The first-order valence-corrected chi connectivity index (χ1v) is 7.22. The number of carbonyl (C=O) groups excluding carboxylic acids is 2. The molecule has 2 rings (SSSR count). The molecule has 1 aliphatic rings. The van der Waals surface area contributed by atoms with E-state index in [1.807, 2.05) is 12.1 Å². The molecule has 0 spiro atoms. The molecule has 3 N–H and O–H groups in total. The normalized spacial score (nSPS) is 21.7. The van der Waals surface area contributed by atoms with Gasteiger partial charge in [0.15, 0.2) is 0 Å². The smallest absolute Gasteiger partial charge is 0.245 e. The maximum Gasteiger partial charge on any atom is 0.245 e. The lowest BCUT2D eigenvalue weighted by Crippen LogP contribution is -2.53. The Morgan fingerprint density at radius 3 is 2.55 bits per heavy atom. The van der Waals surface area contributed by atoms with Crippen LogP contribution in [0, 0.1) is 0 Å². The number of benzene rings is 1. The maximum absolute atomic E-state index is 12.3. The highest BCUT2D eigenvalue weighted by atomic mass is 79.9. The van der Waals surface area contributed by atoms with Gasteiger partial charge in [-0.1, -0.05) is 28.1 Å². The van der Waals surface area contributed by atoms with Crippen molar-refractivity contribution in [2.75, 3.05) is 13.6 Å². The number of likely N-dealkylation sites (N-methyl/N-ethyl adjacent to an activating group) is 1. The van der Waals surface area contributed by atoms with Gasteiger partial charge in [0.25, 0.3) is 0 Å². The summed E-state index contributed by atoms with van der Waals surface area (Å²) in [6.45, 7) is 2.30. The lowest BCUT2D eigenvalue weighted by molar-refractivity contribution is -0.133. The van der Waals surface area contributed by atoms with Crippen LogP contribution in [-0.4, -0.2) is 36.3 Å². The van der Waals surface area contributed by atoms with E-state index < -0.39 is 11.6 Å². The van der Waals surface area contributed by atoms with E-state index >= 15 is 0 Å². The minimum Gasteiger partial charge on any atom is -0.344 e. The molecule has 1 aliphatic heterocycles. The maximum atomic E-state index is 12.3. The molecule has 1 saturated heterocycles. The molecule has 1 aromatic rings. The van der Waals surface area contributed by atoms with Gasteiger partial charge in [0.1, 0.15) is 11.6 Å². The Morgan fingerprint density at radius 1 is 1.45 bits per heavy atom. The van der Waals surface area contributed by atoms with Crippen LogP contribution in [0.5, 0.6) is 0 Å². The van der Waals surface area contributed by atoms with Gasteiger partial charge in [-0.25, -0.2) is 0 Å². The fraction of sp³-hybridized carbons (Fsp3) is 0.429. The highest BCUT2D eigenvalue weighted by molar-refractivity contribution is 9.10. The van der Waals surface area contributed by atoms with E-state index in [1.54, 1.807) is 31.0 Å². The summed E-state index contributed by atoms with van der Waals surface area (Å²) in [5, 5.41) is 2.75. The van der Waals surface area contributed by atoms with Gasteiger partial charge in [-0.3, -0.25) is 9.59 Å². The molecule has 6 heteroatoms. The van der Waals surface area contributed by atoms with E-state index in [4.69, 9.17) is 5.73 Å². The first kappa shape index (κ1) is 15.0. The third kappa shape index (κ3) is 2.86. The molecule has 5 nitrogen and oxygen atoms in total. The first-order chi connectivity index (χ1) is 9.32. The molecular formula is C14H18BrN3O2. The van der Waals surface area contributed by atoms with Gasteiger partial charge in [0.05, 0.1) is 0 Å². The van der Waals surface area contributed by atoms with Crippen LogP contribution < -0.4 is 11.1 Å². The average molecular weight is 340 g/mol. The summed E-state index contributed by atoms with van der Waals surface area (Å²) in [7, 11) is 1.73. The molecule has 0 saturated carbocycles. The van der Waals surface area contributed by atoms with Crippen LogP contribution in [0.2, 0.25) is 0 Å². The predicted molar refractivity (Wildman–Crippen MR) is 79.9 cm³/mol. The van der Waals surface area contributed by atoms with E-state index in [0.29, 0.717) is 18.5 Å². The van der Waals surface area contributed by atoms with Crippen LogP contribution in [-0.2, 0) is 15.1 Å². The van der Waals surface area contributed by atoms with Gasteiger partial charge >= 0.3 is 0 Å². The Balaban J connectivity index is 2.11. The van der Waals surface area contributed by atoms with Gasteiger partial charge in [0, 0.05) is 18.1 Å². The Morgan fingerprint density at radius 2 is 2.05 bits per heavy atom. The Bertz CT molecular complexity index is 528. The summed E-state index contributed by atoms with van der Waals surface area (Å²) in [5.74, 6) is -0.404. The molecule has 2 amide bonds. The summed E-state index contributed by atoms with van der Waals surface area (Å²) in [6.07, 6.45) is 0.623. The summed E-state index contributed by atoms with van der Waals surface area (Å²) >= 11 is 3.34. The van der Waals surface area contributed by atoms with Gasteiger partial charge in [0.2, 0.25) is 11.8 Å². The first-order valence-electron chi connectivity index (χ1n) is 6.43. The molecule has 20 heavy (non-hydrogen) atoms. The van der Waals surface area contributed by atoms with Crippen LogP contribution in [0.15, 0.2) is 28.7 Å². The van der Waals surface area contributed by atoms with E-state index in [0.717, 1.165) is 4.47 Å². The molecule has 0 aromatic heterocycles. The highest BCUT2D eigenvalue weighted by Gasteiger charge is 2.36. The number of amides is 2. The SMILES string of the molecule is CN1CCC(NC(=O)C(C)(N)c2ccc(Br)cc2)C1=O. The molecule has 1 heterocycles. The second kappa shape index (κ2) is 5.54. The van der Waals surface area contributed by atoms with E-state index in [-0.39, 0.29) is 11.8 Å². The van der Waals surface area contributed by atoms with Crippen molar-refractivity contribution in [3.63, 3.8) is 0 Å². The van der Waals surface area contributed by atoms with Crippen molar-refractivity contribution < 1.29 is 9.59 Å². The molecular weight excluding hydrogens is 322 g/mol. The van der Waals surface area contributed by atoms with Crippen LogP contribution in [0.1, 0.15) is 18.9 Å². The van der Waals surface area contributed by atoms with Crippen LogP contribution in [0.3, 0.4) is 0 Å². The van der Waals surface area contributed by atoms with E-state index in [9.17, 15) is 9.59 Å². The van der Waals surface area contributed by atoms with Crippen molar-refractivity contribution in [1.29, 1.82) is 0 Å². The van der Waals surface area contributed by atoms with Gasteiger partial charge in [-0.15, -0.1) is 0 Å². The number of nitrogens with two attached hydrogens (primary N) is 1. The zero-order valence-electron chi connectivity index (χ0n) is 11.5. The van der Waals surface area contributed by atoms with Crippen LogP contribution >= 0.6 is 15.9 Å². The van der Waals surface area contributed by atoms with E-state index in [2.05, 4.69) is 21.2 Å². The lowest BCUT2D eigenvalue weighted by atomic mass is 9.92. The molecule has 0 bridgehead atoms. The third-order valence-electron chi connectivity index (χ3n) is 3.65. The zero-order chi connectivity index (χ0) is 14.9. The molecule has 2 unspecified atom stereocenters. The summed E-state index contributed by atoms with van der Waals surface area (Å²) in [5.41, 5.74) is 5.68. The zero-order valence-corrected chi connectivity index (χ0v) is 13.1. The standard InChI is InChI=1S/C14H18BrN3O2/c1-14(16,9-3-5-10(15)6-4-9)13(20)17-11-7-8-18(2)12(11)19/h3-6,11H,7-8,16H2,1-2H3,(H,17,20). The van der Waals surface area contributed by atoms with Crippen molar-refractivity contribution in [2.45, 2.75) is 24.9 Å². The van der Waals surface area contributed by atoms with Crippen LogP contribution in [0.25, 0.3) is 0 Å². The summed E-state index contributed by atoms with van der Waals surface area (Å²) < 4.78 is 0.921. The molecule has 2 atom stereocenters. The summed E-state index contributed by atoms with van der Waals surface area (Å²) in [4.78, 5) is 25.8. The topological polar surface area (TPSA) is 75.4 Å². The molecule has 1 aromatic carbocycles.